The second-order valence-electron chi connectivity index (χ2n) is 7.68. The van der Waals surface area contributed by atoms with E-state index in [0.717, 1.165) is 16.8 Å². The lowest BCUT2D eigenvalue weighted by atomic mass is 10.0. The molecule has 2 heterocycles. The van der Waals surface area contributed by atoms with Gasteiger partial charge in [-0.3, -0.25) is 9.59 Å². The van der Waals surface area contributed by atoms with Crippen molar-refractivity contribution in [1.29, 1.82) is 5.26 Å². The molecule has 3 aromatic carbocycles. The van der Waals surface area contributed by atoms with Gasteiger partial charge < -0.3 is 9.80 Å². The highest BCUT2D eigenvalue weighted by atomic mass is 35.5. The summed E-state index contributed by atoms with van der Waals surface area (Å²) in [5.41, 5.74) is 3.48. The Morgan fingerprint density at radius 1 is 1.09 bits per heavy atom. The van der Waals surface area contributed by atoms with Crippen molar-refractivity contribution in [1.82, 2.24) is 4.90 Å². The van der Waals surface area contributed by atoms with Gasteiger partial charge in [0.25, 0.3) is 11.8 Å². The van der Waals surface area contributed by atoms with E-state index in [-0.39, 0.29) is 11.8 Å². The van der Waals surface area contributed by atoms with E-state index in [4.69, 9.17) is 11.6 Å². The average Bonchev–Trinajstić information content (AvgIpc) is 3.36. The second-order valence-corrected chi connectivity index (χ2v) is 9.40. The molecule has 1 atom stereocenters. The van der Waals surface area contributed by atoms with Crippen molar-refractivity contribution in [2.45, 2.75) is 11.4 Å². The zero-order chi connectivity index (χ0) is 22.3. The highest BCUT2D eigenvalue weighted by Crippen LogP contribution is 2.54. The Labute approximate surface area is 195 Å². The predicted molar refractivity (Wildman–Crippen MR) is 125 cm³/mol. The molecule has 5 nitrogen and oxygen atoms in total. The Balaban J connectivity index is 1.57. The van der Waals surface area contributed by atoms with Crippen LogP contribution in [0, 0.1) is 11.3 Å². The molecule has 158 valence electrons. The Kier molecular flexibility index (Phi) is 5.16. The van der Waals surface area contributed by atoms with E-state index in [1.807, 2.05) is 36.4 Å². The number of carbonyl (C=O) groups excluding carboxylic acids is 2. The Hall–Kier alpha value is -3.27. The summed E-state index contributed by atoms with van der Waals surface area (Å²) in [6, 6.07) is 23.8. The summed E-state index contributed by atoms with van der Waals surface area (Å²) < 4.78 is 0. The molecule has 0 aromatic heterocycles. The van der Waals surface area contributed by atoms with Crippen LogP contribution < -0.4 is 4.90 Å². The minimum absolute atomic E-state index is 0.140. The van der Waals surface area contributed by atoms with Gasteiger partial charge in [-0.1, -0.05) is 48.0 Å². The highest BCUT2D eigenvalue weighted by Gasteiger charge is 2.59. The lowest BCUT2D eigenvalue weighted by molar-refractivity contribution is -0.123. The van der Waals surface area contributed by atoms with Crippen LogP contribution >= 0.6 is 23.4 Å². The molecule has 3 aromatic rings. The molecule has 0 N–H and O–H groups in total. The van der Waals surface area contributed by atoms with Crippen molar-refractivity contribution in [2.75, 3.05) is 17.2 Å². The van der Waals surface area contributed by atoms with Gasteiger partial charge in [-0.15, -0.1) is 11.8 Å². The molecule has 32 heavy (non-hydrogen) atoms. The van der Waals surface area contributed by atoms with E-state index in [2.05, 4.69) is 6.07 Å². The van der Waals surface area contributed by atoms with Crippen molar-refractivity contribution in [3.8, 4) is 6.07 Å². The zero-order valence-corrected chi connectivity index (χ0v) is 18.6. The van der Waals surface area contributed by atoms with Crippen molar-refractivity contribution in [3.63, 3.8) is 0 Å². The number of benzene rings is 3. The highest BCUT2D eigenvalue weighted by molar-refractivity contribution is 8.01. The fourth-order valence-electron chi connectivity index (χ4n) is 4.42. The van der Waals surface area contributed by atoms with Crippen molar-refractivity contribution >= 4 is 40.9 Å². The molecular weight excluding hydrogens is 442 g/mol. The first-order valence-corrected chi connectivity index (χ1v) is 11.5. The summed E-state index contributed by atoms with van der Waals surface area (Å²) in [5, 5.41) is 9.72. The van der Waals surface area contributed by atoms with Crippen LogP contribution in [0.15, 0.2) is 72.8 Å². The molecule has 0 unspecified atom stereocenters. The van der Waals surface area contributed by atoms with E-state index in [1.165, 1.54) is 11.8 Å². The SMILES string of the molecule is N#Cc1cccc(CN2C(=O)[C@]3(SCCN3C(=O)c3cccc(Cl)c3)c3ccccc32)c1. The number of fused-ring (bicyclic) bond motifs is 2. The molecule has 7 heteroatoms. The van der Waals surface area contributed by atoms with Crippen LogP contribution in [0.3, 0.4) is 0 Å². The van der Waals surface area contributed by atoms with Gasteiger partial charge in [0, 0.05) is 28.4 Å². The van der Waals surface area contributed by atoms with Gasteiger partial charge in [0.05, 0.1) is 23.9 Å². The van der Waals surface area contributed by atoms with Crippen LogP contribution in [0.25, 0.3) is 0 Å². The van der Waals surface area contributed by atoms with E-state index in [9.17, 15) is 14.9 Å². The Morgan fingerprint density at radius 2 is 1.91 bits per heavy atom. The number of nitrogens with zero attached hydrogens (tertiary/aromatic N) is 3. The van der Waals surface area contributed by atoms with Crippen LogP contribution in [-0.2, 0) is 16.2 Å². The van der Waals surface area contributed by atoms with E-state index in [1.54, 1.807) is 46.2 Å². The lowest BCUT2D eigenvalue weighted by Crippen LogP contribution is -2.50. The van der Waals surface area contributed by atoms with E-state index >= 15 is 0 Å². The first kappa shape index (κ1) is 20.6. The third-order valence-corrected chi connectivity index (χ3v) is 7.47. The van der Waals surface area contributed by atoms with E-state index < -0.39 is 4.87 Å². The van der Waals surface area contributed by atoms with Gasteiger partial charge >= 0.3 is 0 Å². The van der Waals surface area contributed by atoms with Crippen LogP contribution in [0.1, 0.15) is 27.0 Å². The minimum atomic E-state index is -1.11. The number of para-hydroxylation sites is 1. The molecule has 5 rings (SSSR count). The summed E-state index contributed by atoms with van der Waals surface area (Å²) in [6.07, 6.45) is 0. The molecule has 2 aliphatic rings. The molecule has 0 bridgehead atoms. The van der Waals surface area contributed by atoms with Crippen molar-refractivity contribution < 1.29 is 9.59 Å². The van der Waals surface area contributed by atoms with Crippen LogP contribution in [0.4, 0.5) is 5.69 Å². The van der Waals surface area contributed by atoms with Gasteiger partial charge in [-0.05, 0) is 42.0 Å². The molecule has 1 saturated heterocycles. The molecule has 1 spiro atoms. The number of anilines is 1. The quantitative estimate of drug-likeness (QED) is 0.564. The number of thioether (sulfide) groups is 1. The van der Waals surface area contributed by atoms with Crippen LogP contribution in [-0.4, -0.2) is 29.0 Å². The largest absolute Gasteiger partial charge is 0.311 e. The predicted octanol–water partition coefficient (Wildman–Crippen LogP) is 4.80. The third kappa shape index (κ3) is 3.17. The molecule has 0 saturated carbocycles. The molecular formula is C25H18ClN3O2S. The van der Waals surface area contributed by atoms with Gasteiger partial charge in [0.15, 0.2) is 4.87 Å². The summed E-state index contributed by atoms with van der Waals surface area (Å²) in [5.74, 6) is 0.303. The Morgan fingerprint density at radius 3 is 2.72 bits per heavy atom. The second kappa shape index (κ2) is 8.01. The van der Waals surface area contributed by atoms with Crippen LogP contribution in [0.5, 0.6) is 0 Å². The number of hydrogen-bond acceptors (Lipinski definition) is 4. The molecule has 2 amide bonds. The lowest BCUT2D eigenvalue weighted by Gasteiger charge is -2.33. The monoisotopic (exact) mass is 459 g/mol. The van der Waals surface area contributed by atoms with Crippen LogP contribution in [0.2, 0.25) is 5.02 Å². The fourth-order valence-corrected chi connectivity index (χ4v) is 6.08. The first-order valence-electron chi connectivity index (χ1n) is 10.2. The standard InChI is InChI=1S/C25H18ClN3O2S/c26-20-8-4-7-19(14-20)23(30)29-11-12-32-25(29)21-9-1-2-10-22(21)28(24(25)31)16-18-6-3-5-17(13-18)15-27/h1-10,13-14H,11-12,16H2/t25-/m1/s1. The molecule has 0 radical (unpaired) electrons. The number of halogens is 1. The topological polar surface area (TPSA) is 64.4 Å². The number of nitriles is 1. The summed E-state index contributed by atoms with van der Waals surface area (Å²) in [4.78, 5) is 29.8. The molecule has 2 aliphatic heterocycles. The summed E-state index contributed by atoms with van der Waals surface area (Å²) >= 11 is 7.61. The Bertz CT molecular complexity index is 1290. The summed E-state index contributed by atoms with van der Waals surface area (Å²) in [7, 11) is 0. The zero-order valence-electron chi connectivity index (χ0n) is 17.0. The van der Waals surface area contributed by atoms with Gasteiger partial charge in [-0.25, -0.2) is 0 Å². The number of rotatable bonds is 3. The fraction of sp³-hybridized carbons (Fsp3) is 0.160. The maximum absolute atomic E-state index is 14.0. The van der Waals surface area contributed by atoms with Gasteiger partial charge in [0.2, 0.25) is 0 Å². The van der Waals surface area contributed by atoms with Crippen molar-refractivity contribution in [3.05, 3.63) is 100 Å². The maximum Gasteiger partial charge on any atom is 0.268 e. The average molecular weight is 460 g/mol. The number of amides is 2. The summed E-state index contributed by atoms with van der Waals surface area (Å²) in [6.45, 7) is 0.792. The smallest absolute Gasteiger partial charge is 0.268 e. The van der Waals surface area contributed by atoms with E-state index in [0.29, 0.717) is 35.0 Å². The third-order valence-electron chi connectivity index (χ3n) is 5.81. The minimum Gasteiger partial charge on any atom is -0.311 e. The first-order chi connectivity index (χ1) is 15.5. The molecule has 1 fully saturated rings. The van der Waals surface area contributed by atoms with Crippen molar-refractivity contribution in [2.24, 2.45) is 0 Å². The molecule has 0 aliphatic carbocycles. The maximum atomic E-state index is 14.0. The normalized spacial score (nSPS) is 19.3. The number of hydrogen-bond donors (Lipinski definition) is 0. The number of carbonyl (C=O) groups is 2. The van der Waals surface area contributed by atoms with Gasteiger partial charge in [-0.2, -0.15) is 5.26 Å². The van der Waals surface area contributed by atoms with Gasteiger partial charge in [0.1, 0.15) is 0 Å².